The summed E-state index contributed by atoms with van der Waals surface area (Å²) in [5.74, 6) is -1.36. The highest BCUT2D eigenvalue weighted by Crippen LogP contribution is 2.18. The summed E-state index contributed by atoms with van der Waals surface area (Å²) in [5.41, 5.74) is 1.07. The maximum absolute atomic E-state index is 12.0. The highest BCUT2D eigenvalue weighted by atomic mass is 16.6. The number of nitrogens with zero attached hydrogens (tertiary/aromatic N) is 2. The van der Waals surface area contributed by atoms with Crippen LogP contribution in [0.5, 0.6) is 0 Å². The van der Waals surface area contributed by atoms with Crippen molar-refractivity contribution in [1.82, 2.24) is 4.90 Å². The molecular formula is C16H18N4O5. The first kappa shape index (κ1) is 18.1. The maximum atomic E-state index is 12.0. The molecule has 2 amide bonds. The van der Waals surface area contributed by atoms with Crippen molar-refractivity contribution in [3.05, 3.63) is 52.3 Å². The number of rotatable bonds is 7. The predicted molar refractivity (Wildman–Crippen MR) is 91.6 cm³/mol. The van der Waals surface area contributed by atoms with Gasteiger partial charge in [0.25, 0.3) is 5.91 Å². The lowest BCUT2D eigenvalue weighted by Crippen LogP contribution is -2.20. The number of nitro groups is 1. The van der Waals surface area contributed by atoms with E-state index in [-0.39, 0.29) is 11.7 Å². The molecule has 2 rings (SSSR count). The Hall–Kier alpha value is -3.20. The van der Waals surface area contributed by atoms with E-state index in [1.54, 1.807) is 24.3 Å². The molecule has 2 N–H and O–H groups in total. The van der Waals surface area contributed by atoms with Crippen molar-refractivity contribution in [2.24, 2.45) is 0 Å². The molecule has 2 aromatic rings. The summed E-state index contributed by atoms with van der Waals surface area (Å²) in [6.07, 6.45) is 0.378. The summed E-state index contributed by atoms with van der Waals surface area (Å²) < 4.78 is 4.83. The van der Waals surface area contributed by atoms with Crippen LogP contribution in [-0.2, 0) is 4.79 Å². The topological polar surface area (TPSA) is 118 Å². The van der Waals surface area contributed by atoms with Gasteiger partial charge in [0.15, 0.2) is 5.76 Å². The second-order valence-corrected chi connectivity index (χ2v) is 5.53. The van der Waals surface area contributed by atoms with E-state index in [0.717, 1.165) is 6.07 Å². The van der Waals surface area contributed by atoms with Crippen LogP contribution in [0.4, 0.5) is 17.3 Å². The Morgan fingerprint density at radius 2 is 1.68 bits per heavy atom. The summed E-state index contributed by atoms with van der Waals surface area (Å²) in [6.45, 7) is 0.648. The predicted octanol–water partition coefficient (Wildman–Crippen LogP) is 2.33. The number of nitrogens with one attached hydrogen (secondary N) is 2. The van der Waals surface area contributed by atoms with E-state index < -0.39 is 16.7 Å². The lowest BCUT2D eigenvalue weighted by Gasteiger charge is -2.10. The number of hydrogen-bond acceptors (Lipinski definition) is 6. The van der Waals surface area contributed by atoms with Crippen molar-refractivity contribution in [2.45, 2.75) is 6.42 Å². The van der Waals surface area contributed by atoms with Gasteiger partial charge in [-0.15, -0.1) is 0 Å². The Kier molecular flexibility index (Phi) is 5.85. The fraction of sp³-hybridized carbons (Fsp3) is 0.250. The first-order chi connectivity index (χ1) is 11.8. The molecule has 0 aliphatic rings. The van der Waals surface area contributed by atoms with Crippen LogP contribution < -0.4 is 10.6 Å². The zero-order valence-corrected chi connectivity index (χ0v) is 13.8. The molecule has 9 nitrogen and oxygen atoms in total. The van der Waals surface area contributed by atoms with Crippen molar-refractivity contribution in [3.63, 3.8) is 0 Å². The van der Waals surface area contributed by atoms with Gasteiger partial charge in [0.1, 0.15) is 4.92 Å². The SMILES string of the molecule is CN(C)CCC(=O)Nc1ccc(NC(=O)c2ccc([N+](=O)[O-])o2)cc1. The molecule has 132 valence electrons. The monoisotopic (exact) mass is 346 g/mol. The van der Waals surface area contributed by atoms with Gasteiger partial charge < -0.3 is 20.0 Å². The quantitative estimate of drug-likeness (QED) is 0.587. The molecule has 1 heterocycles. The number of benzene rings is 1. The molecule has 0 aliphatic heterocycles. The fourth-order valence-corrected chi connectivity index (χ4v) is 1.93. The largest absolute Gasteiger partial charge is 0.433 e. The van der Waals surface area contributed by atoms with E-state index in [1.165, 1.54) is 6.07 Å². The van der Waals surface area contributed by atoms with E-state index in [2.05, 4.69) is 10.6 Å². The van der Waals surface area contributed by atoms with E-state index in [9.17, 15) is 19.7 Å². The first-order valence-electron chi connectivity index (χ1n) is 7.45. The van der Waals surface area contributed by atoms with Crippen molar-refractivity contribution >= 4 is 29.1 Å². The van der Waals surface area contributed by atoms with Crippen LogP contribution in [0.2, 0.25) is 0 Å². The minimum atomic E-state index is -0.718. The molecule has 0 bridgehead atoms. The van der Waals surface area contributed by atoms with Crippen LogP contribution in [-0.4, -0.2) is 42.3 Å². The second-order valence-electron chi connectivity index (χ2n) is 5.53. The minimum Gasteiger partial charge on any atom is -0.395 e. The average molecular weight is 346 g/mol. The Morgan fingerprint density at radius 3 is 2.20 bits per heavy atom. The molecule has 1 aromatic carbocycles. The third kappa shape index (κ3) is 5.43. The van der Waals surface area contributed by atoms with E-state index in [4.69, 9.17) is 4.42 Å². The van der Waals surface area contributed by atoms with Gasteiger partial charge in [-0.1, -0.05) is 0 Å². The smallest absolute Gasteiger partial charge is 0.395 e. The number of amides is 2. The molecule has 0 saturated heterocycles. The molecule has 0 radical (unpaired) electrons. The summed E-state index contributed by atoms with van der Waals surface area (Å²) in [7, 11) is 3.77. The van der Waals surface area contributed by atoms with Gasteiger partial charge in [0, 0.05) is 24.3 Å². The average Bonchev–Trinajstić information content (AvgIpc) is 3.05. The van der Waals surface area contributed by atoms with Gasteiger partial charge in [0.05, 0.1) is 6.07 Å². The fourth-order valence-electron chi connectivity index (χ4n) is 1.93. The van der Waals surface area contributed by atoms with E-state index in [1.807, 2.05) is 19.0 Å². The normalized spacial score (nSPS) is 10.5. The van der Waals surface area contributed by atoms with Gasteiger partial charge in [0.2, 0.25) is 5.91 Å². The highest BCUT2D eigenvalue weighted by Gasteiger charge is 2.17. The van der Waals surface area contributed by atoms with Crippen LogP contribution in [0.1, 0.15) is 17.0 Å². The zero-order valence-electron chi connectivity index (χ0n) is 13.8. The van der Waals surface area contributed by atoms with Crippen LogP contribution in [0, 0.1) is 10.1 Å². The number of carbonyl (C=O) groups is 2. The molecule has 0 aliphatic carbocycles. The van der Waals surface area contributed by atoms with Crippen LogP contribution in [0.15, 0.2) is 40.8 Å². The minimum absolute atomic E-state index is 0.103. The van der Waals surface area contributed by atoms with Gasteiger partial charge in [-0.05, 0) is 44.4 Å². The highest BCUT2D eigenvalue weighted by molar-refractivity contribution is 6.02. The van der Waals surface area contributed by atoms with Crippen LogP contribution in [0.25, 0.3) is 0 Å². The molecule has 0 unspecified atom stereocenters. The van der Waals surface area contributed by atoms with Gasteiger partial charge in [-0.25, -0.2) is 0 Å². The Bertz CT molecular complexity index is 767. The van der Waals surface area contributed by atoms with Gasteiger partial charge in [-0.2, -0.15) is 0 Å². The molecule has 0 spiro atoms. The number of carbonyl (C=O) groups excluding carboxylic acids is 2. The third-order valence-corrected chi connectivity index (χ3v) is 3.21. The Labute approximate surface area is 143 Å². The van der Waals surface area contributed by atoms with E-state index >= 15 is 0 Å². The van der Waals surface area contributed by atoms with Crippen LogP contribution >= 0.6 is 0 Å². The Morgan fingerprint density at radius 1 is 1.08 bits per heavy atom. The summed E-state index contributed by atoms with van der Waals surface area (Å²) in [6, 6.07) is 8.85. The second kappa shape index (κ2) is 8.06. The molecular weight excluding hydrogens is 328 g/mol. The van der Waals surface area contributed by atoms with Gasteiger partial charge >= 0.3 is 5.88 Å². The summed E-state index contributed by atoms with van der Waals surface area (Å²) in [5, 5.41) is 15.9. The third-order valence-electron chi connectivity index (χ3n) is 3.21. The number of anilines is 2. The van der Waals surface area contributed by atoms with Crippen molar-refractivity contribution in [3.8, 4) is 0 Å². The number of furan rings is 1. The molecule has 0 atom stereocenters. The first-order valence-corrected chi connectivity index (χ1v) is 7.45. The van der Waals surface area contributed by atoms with Crippen molar-refractivity contribution in [2.75, 3.05) is 31.3 Å². The summed E-state index contributed by atoms with van der Waals surface area (Å²) in [4.78, 5) is 35.5. The molecule has 0 fully saturated rings. The molecule has 0 saturated carbocycles. The maximum Gasteiger partial charge on any atom is 0.433 e. The molecule has 9 heteroatoms. The molecule has 1 aromatic heterocycles. The lowest BCUT2D eigenvalue weighted by molar-refractivity contribution is -0.402. The van der Waals surface area contributed by atoms with E-state index in [0.29, 0.717) is 24.3 Å². The van der Waals surface area contributed by atoms with Crippen LogP contribution in [0.3, 0.4) is 0 Å². The standard InChI is InChI=1S/C16H18N4O5/c1-19(2)10-9-14(21)17-11-3-5-12(6-4-11)18-16(22)13-7-8-15(25-13)20(23)24/h3-8H,9-10H2,1-2H3,(H,17,21)(H,18,22). The zero-order chi connectivity index (χ0) is 18.4. The number of hydrogen-bond donors (Lipinski definition) is 2. The molecule has 25 heavy (non-hydrogen) atoms. The lowest BCUT2D eigenvalue weighted by atomic mass is 10.2. The van der Waals surface area contributed by atoms with Gasteiger partial charge in [-0.3, -0.25) is 19.7 Å². The summed E-state index contributed by atoms with van der Waals surface area (Å²) >= 11 is 0. The van der Waals surface area contributed by atoms with Crippen molar-refractivity contribution < 1.29 is 18.9 Å². The Balaban J connectivity index is 1.92. The van der Waals surface area contributed by atoms with Crippen molar-refractivity contribution in [1.29, 1.82) is 0 Å².